The number of benzene rings is 1. The Morgan fingerprint density at radius 3 is 2.29 bits per heavy atom. The maximum atomic E-state index is 5.62. The van der Waals surface area contributed by atoms with Crippen molar-refractivity contribution < 1.29 is 4.74 Å². The van der Waals surface area contributed by atoms with Crippen molar-refractivity contribution in [1.29, 1.82) is 0 Å². The van der Waals surface area contributed by atoms with Gasteiger partial charge in [-0.25, -0.2) is 0 Å². The summed E-state index contributed by atoms with van der Waals surface area (Å²) in [6, 6.07) is 8.75. The van der Waals surface area contributed by atoms with Crippen LogP contribution in [0, 0.1) is 5.92 Å². The van der Waals surface area contributed by atoms with Crippen LogP contribution in [-0.2, 0) is 11.3 Å². The fourth-order valence-corrected chi connectivity index (χ4v) is 1.78. The second-order valence-corrected chi connectivity index (χ2v) is 5.11. The fourth-order valence-electron chi connectivity index (χ4n) is 1.78. The van der Waals surface area contributed by atoms with Crippen molar-refractivity contribution in [2.24, 2.45) is 5.92 Å². The first kappa shape index (κ1) is 14.2. The van der Waals surface area contributed by atoms with Gasteiger partial charge in [-0.15, -0.1) is 0 Å². The molecule has 0 saturated carbocycles. The summed E-state index contributed by atoms with van der Waals surface area (Å²) in [6.07, 6.45) is 0. The van der Waals surface area contributed by atoms with E-state index in [-0.39, 0.29) is 0 Å². The van der Waals surface area contributed by atoms with Crippen molar-refractivity contribution in [3.05, 3.63) is 35.4 Å². The molecule has 0 saturated heterocycles. The van der Waals surface area contributed by atoms with E-state index >= 15 is 0 Å². The zero-order valence-corrected chi connectivity index (χ0v) is 11.5. The quantitative estimate of drug-likeness (QED) is 0.783. The van der Waals surface area contributed by atoms with Crippen LogP contribution in [0.4, 0.5) is 0 Å². The van der Waals surface area contributed by atoms with Gasteiger partial charge in [0.25, 0.3) is 0 Å². The van der Waals surface area contributed by atoms with Crippen LogP contribution in [0.15, 0.2) is 24.3 Å². The van der Waals surface area contributed by atoms with Crippen molar-refractivity contribution in [2.45, 2.75) is 33.3 Å². The number of rotatable bonds is 7. The molecule has 0 aliphatic heterocycles. The average Bonchev–Trinajstić information content (AvgIpc) is 2.30. The summed E-state index contributed by atoms with van der Waals surface area (Å²) in [6.45, 7) is 9.14. The number of hydrogen-bond acceptors (Lipinski definition) is 2. The first-order valence-corrected chi connectivity index (χ1v) is 6.44. The van der Waals surface area contributed by atoms with Gasteiger partial charge in [-0.1, -0.05) is 45.0 Å². The molecule has 17 heavy (non-hydrogen) atoms. The second kappa shape index (κ2) is 7.46. The molecule has 1 N–H and O–H groups in total. The molecule has 0 aliphatic carbocycles. The Labute approximate surface area is 105 Å². The van der Waals surface area contributed by atoms with E-state index in [0.717, 1.165) is 19.8 Å². The molecule has 1 aromatic carbocycles. The van der Waals surface area contributed by atoms with E-state index in [0.29, 0.717) is 11.8 Å². The minimum Gasteiger partial charge on any atom is -0.377 e. The summed E-state index contributed by atoms with van der Waals surface area (Å²) in [4.78, 5) is 0. The molecule has 0 spiro atoms. The lowest BCUT2D eigenvalue weighted by Gasteiger charge is -2.12. The van der Waals surface area contributed by atoms with Crippen LogP contribution in [0.25, 0.3) is 0 Å². The molecule has 0 fully saturated rings. The van der Waals surface area contributed by atoms with Crippen molar-refractivity contribution in [2.75, 3.05) is 20.2 Å². The first-order chi connectivity index (χ1) is 8.13. The molecule has 0 radical (unpaired) electrons. The third-order valence-electron chi connectivity index (χ3n) is 2.78. The molecule has 2 heteroatoms. The van der Waals surface area contributed by atoms with Gasteiger partial charge in [-0.05, 0) is 30.0 Å². The van der Waals surface area contributed by atoms with Crippen molar-refractivity contribution in [3.8, 4) is 0 Å². The van der Waals surface area contributed by atoms with Gasteiger partial charge in [0, 0.05) is 13.2 Å². The van der Waals surface area contributed by atoms with E-state index in [4.69, 9.17) is 4.74 Å². The zero-order valence-electron chi connectivity index (χ0n) is 11.5. The Morgan fingerprint density at radius 2 is 1.76 bits per heavy atom. The van der Waals surface area contributed by atoms with Crippen LogP contribution in [0.5, 0.6) is 0 Å². The molecule has 1 atom stereocenters. The fraction of sp³-hybridized carbons (Fsp3) is 0.600. The van der Waals surface area contributed by atoms with E-state index in [1.165, 1.54) is 11.1 Å². The molecule has 0 bridgehead atoms. The first-order valence-electron chi connectivity index (χ1n) is 6.44. The summed E-state index contributed by atoms with van der Waals surface area (Å²) < 4.78 is 5.62. The SMILES string of the molecule is CNCC(C)c1ccc(COCC(C)C)cc1. The molecule has 1 unspecified atom stereocenters. The highest BCUT2D eigenvalue weighted by molar-refractivity contribution is 5.24. The molecule has 1 aromatic rings. The number of hydrogen-bond donors (Lipinski definition) is 1. The van der Waals surface area contributed by atoms with E-state index < -0.39 is 0 Å². The molecular weight excluding hydrogens is 210 g/mol. The Kier molecular flexibility index (Phi) is 6.23. The van der Waals surface area contributed by atoms with Gasteiger partial charge in [-0.2, -0.15) is 0 Å². The lowest BCUT2D eigenvalue weighted by atomic mass is 10.00. The molecule has 1 rings (SSSR count). The van der Waals surface area contributed by atoms with E-state index in [9.17, 15) is 0 Å². The van der Waals surface area contributed by atoms with Crippen LogP contribution in [0.1, 0.15) is 37.8 Å². The van der Waals surface area contributed by atoms with Gasteiger partial charge < -0.3 is 10.1 Å². The Morgan fingerprint density at radius 1 is 1.12 bits per heavy atom. The molecule has 0 amide bonds. The maximum Gasteiger partial charge on any atom is 0.0717 e. The van der Waals surface area contributed by atoms with E-state index in [1.807, 2.05) is 7.05 Å². The monoisotopic (exact) mass is 235 g/mol. The maximum absolute atomic E-state index is 5.62. The Hall–Kier alpha value is -0.860. The number of likely N-dealkylation sites (N-methyl/N-ethyl adjacent to an activating group) is 1. The van der Waals surface area contributed by atoms with Crippen LogP contribution >= 0.6 is 0 Å². The summed E-state index contributed by atoms with van der Waals surface area (Å²) in [5, 5.41) is 3.20. The van der Waals surface area contributed by atoms with E-state index in [1.54, 1.807) is 0 Å². The molecular formula is C15H25NO. The highest BCUT2D eigenvalue weighted by Gasteiger charge is 2.04. The van der Waals surface area contributed by atoms with Crippen molar-refractivity contribution >= 4 is 0 Å². The van der Waals surface area contributed by atoms with E-state index in [2.05, 4.69) is 50.4 Å². The van der Waals surface area contributed by atoms with Crippen LogP contribution < -0.4 is 5.32 Å². The van der Waals surface area contributed by atoms with Crippen LogP contribution in [-0.4, -0.2) is 20.2 Å². The van der Waals surface area contributed by atoms with Crippen molar-refractivity contribution in [3.63, 3.8) is 0 Å². The summed E-state index contributed by atoms with van der Waals surface area (Å²) in [5.74, 6) is 1.16. The average molecular weight is 235 g/mol. The molecule has 2 nitrogen and oxygen atoms in total. The van der Waals surface area contributed by atoms with Crippen molar-refractivity contribution in [1.82, 2.24) is 5.32 Å². The predicted octanol–water partition coefficient (Wildman–Crippen LogP) is 3.18. The van der Waals surface area contributed by atoms with Gasteiger partial charge in [0.05, 0.1) is 6.61 Å². The third kappa shape index (κ3) is 5.33. The summed E-state index contributed by atoms with van der Waals surface area (Å²) >= 11 is 0. The van der Waals surface area contributed by atoms with Gasteiger partial charge in [0.15, 0.2) is 0 Å². The number of ether oxygens (including phenoxy) is 1. The van der Waals surface area contributed by atoms with Gasteiger partial charge in [0.1, 0.15) is 0 Å². The molecule has 96 valence electrons. The predicted molar refractivity (Wildman–Crippen MR) is 73.3 cm³/mol. The highest BCUT2D eigenvalue weighted by Crippen LogP contribution is 2.15. The topological polar surface area (TPSA) is 21.3 Å². The normalized spacial score (nSPS) is 13.0. The van der Waals surface area contributed by atoms with Crippen LogP contribution in [0.3, 0.4) is 0 Å². The minimum absolute atomic E-state index is 0.561. The molecule has 0 aromatic heterocycles. The van der Waals surface area contributed by atoms with Gasteiger partial charge >= 0.3 is 0 Å². The zero-order chi connectivity index (χ0) is 12.7. The Bertz CT molecular complexity index is 305. The lowest BCUT2D eigenvalue weighted by Crippen LogP contribution is -2.14. The number of nitrogens with one attached hydrogen (secondary N) is 1. The molecule has 0 heterocycles. The third-order valence-corrected chi connectivity index (χ3v) is 2.78. The van der Waals surface area contributed by atoms with Gasteiger partial charge in [-0.3, -0.25) is 0 Å². The standard InChI is InChI=1S/C15H25NO/c1-12(2)10-17-11-14-5-7-15(8-6-14)13(3)9-16-4/h5-8,12-13,16H,9-11H2,1-4H3. The largest absolute Gasteiger partial charge is 0.377 e. The highest BCUT2D eigenvalue weighted by atomic mass is 16.5. The Balaban J connectivity index is 2.44. The smallest absolute Gasteiger partial charge is 0.0717 e. The molecule has 0 aliphatic rings. The van der Waals surface area contributed by atoms with Gasteiger partial charge in [0.2, 0.25) is 0 Å². The second-order valence-electron chi connectivity index (χ2n) is 5.11. The summed E-state index contributed by atoms with van der Waals surface area (Å²) in [7, 11) is 1.99. The van der Waals surface area contributed by atoms with Crippen LogP contribution in [0.2, 0.25) is 0 Å². The lowest BCUT2D eigenvalue weighted by molar-refractivity contribution is 0.0971. The summed E-state index contributed by atoms with van der Waals surface area (Å²) in [5.41, 5.74) is 2.64. The minimum atomic E-state index is 0.561.